The van der Waals surface area contributed by atoms with Crippen LogP contribution in [0.5, 0.6) is 5.75 Å². The van der Waals surface area contributed by atoms with Crippen molar-refractivity contribution in [2.24, 2.45) is 0 Å². The number of hydrogen-bond donors (Lipinski definition) is 1. The Hall–Kier alpha value is -2.24. The molecule has 1 aromatic rings. The standard InChI is InChI=1S/C19H27N3O3/c1-14(2)20-19(24)22-8-3-7-21(9-10-22)18(23)13-15-4-5-17-16(12-15)6-11-25-17/h4-5,12,14H,3,6-11,13H2,1-2H3,(H,20,24). The van der Waals surface area contributed by atoms with Crippen LogP contribution in [-0.4, -0.2) is 60.6 Å². The summed E-state index contributed by atoms with van der Waals surface area (Å²) in [6.45, 7) is 7.21. The first-order chi connectivity index (χ1) is 12.0. The highest BCUT2D eigenvalue weighted by Crippen LogP contribution is 2.26. The van der Waals surface area contributed by atoms with E-state index >= 15 is 0 Å². The minimum atomic E-state index is -0.0390. The quantitative estimate of drug-likeness (QED) is 0.909. The number of hydrogen-bond acceptors (Lipinski definition) is 3. The number of benzene rings is 1. The summed E-state index contributed by atoms with van der Waals surface area (Å²) in [5.74, 6) is 1.07. The van der Waals surface area contributed by atoms with E-state index in [0.717, 1.165) is 30.8 Å². The number of carbonyl (C=O) groups is 2. The molecule has 2 aliphatic rings. The summed E-state index contributed by atoms with van der Waals surface area (Å²) < 4.78 is 5.51. The second-order valence-electron chi connectivity index (χ2n) is 7.04. The third kappa shape index (κ3) is 4.44. The molecule has 0 saturated carbocycles. The van der Waals surface area contributed by atoms with E-state index in [1.165, 1.54) is 5.56 Å². The molecule has 1 fully saturated rings. The van der Waals surface area contributed by atoms with Crippen molar-refractivity contribution >= 4 is 11.9 Å². The van der Waals surface area contributed by atoms with Crippen LogP contribution in [0.4, 0.5) is 4.79 Å². The smallest absolute Gasteiger partial charge is 0.317 e. The molecule has 0 spiro atoms. The van der Waals surface area contributed by atoms with Gasteiger partial charge in [0.25, 0.3) is 0 Å². The summed E-state index contributed by atoms with van der Waals surface area (Å²) in [6, 6.07) is 6.11. The molecule has 3 rings (SSSR count). The maximum absolute atomic E-state index is 12.7. The van der Waals surface area contributed by atoms with Gasteiger partial charge < -0.3 is 19.9 Å². The second kappa shape index (κ2) is 7.76. The van der Waals surface area contributed by atoms with Crippen molar-refractivity contribution in [1.82, 2.24) is 15.1 Å². The molecule has 0 atom stereocenters. The number of amides is 3. The lowest BCUT2D eigenvalue weighted by Crippen LogP contribution is -2.45. The van der Waals surface area contributed by atoms with Gasteiger partial charge in [0.15, 0.2) is 0 Å². The van der Waals surface area contributed by atoms with Gasteiger partial charge in [-0.25, -0.2) is 4.79 Å². The van der Waals surface area contributed by atoms with Crippen molar-refractivity contribution in [3.8, 4) is 5.75 Å². The third-order valence-electron chi connectivity index (χ3n) is 4.66. The van der Waals surface area contributed by atoms with Crippen molar-refractivity contribution in [2.75, 3.05) is 32.8 Å². The molecule has 25 heavy (non-hydrogen) atoms. The highest BCUT2D eigenvalue weighted by Gasteiger charge is 2.22. The van der Waals surface area contributed by atoms with E-state index in [9.17, 15) is 9.59 Å². The Balaban J connectivity index is 1.55. The van der Waals surface area contributed by atoms with Crippen molar-refractivity contribution < 1.29 is 14.3 Å². The van der Waals surface area contributed by atoms with Crippen molar-refractivity contribution in [3.63, 3.8) is 0 Å². The zero-order valence-electron chi connectivity index (χ0n) is 15.1. The Morgan fingerprint density at radius 3 is 2.72 bits per heavy atom. The van der Waals surface area contributed by atoms with Gasteiger partial charge in [0.2, 0.25) is 5.91 Å². The van der Waals surface area contributed by atoms with Gasteiger partial charge in [-0.15, -0.1) is 0 Å². The van der Waals surface area contributed by atoms with Crippen LogP contribution in [0.15, 0.2) is 18.2 Å². The van der Waals surface area contributed by atoms with E-state index in [-0.39, 0.29) is 18.0 Å². The zero-order chi connectivity index (χ0) is 17.8. The predicted octanol–water partition coefficient (Wildman–Crippen LogP) is 1.82. The lowest BCUT2D eigenvalue weighted by atomic mass is 10.1. The average molecular weight is 345 g/mol. The van der Waals surface area contributed by atoms with Gasteiger partial charge in [0, 0.05) is 38.6 Å². The normalized spacial score (nSPS) is 17.1. The number of nitrogens with one attached hydrogen (secondary N) is 1. The summed E-state index contributed by atoms with van der Waals surface area (Å²) in [5.41, 5.74) is 2.23. The van der Waals surface area contributed by atoms with Crippen LogP contribution in [0.2, 0.25) is 0 Å². The minimum absolute atomic E-state index is 0.0390. The Morgan fingerprint density at radius 2 is 1.92 bits per heavy atom. The summed E-state index contributed by atoms with van der Waals surface area (Å²) in [4.78, 5) is 28.5. The number of carbonyl (C=O) groups excluding carboxylic acids is 2. The first kappa shape index (κ1) is 17.6. The Labute approximate surface area is 149 Å². The van der Waals surface area contributed by atoms with Gasteiger partial charge in [-0.1, -0.05) is 12.1 Å². The molecular formula is C19H27N3O3. The van der Waals surface area contributed by atoms with E-state index in [0.29, 0.717) is 32.6 Å². The minimum Gasteiger partial charge on any atom is -0.493 e. The largest absolute Gasteiger partial charge is 0.493 e. The highest BCUT2D eigenvalue weighted by molar-refractivity contribution is 5.79. The maximum Gasteiger partial charge on any atom is 0.317 e. The van der Waals surface area contributed by atoms with Crippen molar-refractivity contribution in [1.29, 1.82) is 0 Å². The van der Waals surface area contributed by atoms with Gasteiger partial charge in [0.05, 0.1) is 13.0 Å². The Bertz CT molecular complexity index is 645. The van der Waals surface area contributed by atoms with Gasteiger partial charge in [-0.05, 0) is 37.5 Å². The van der Waals surface area contributed by atoms with Crippen LogP contribution in [0, 0.1) is 0 Å². The summed E-state index contributed by atoms with van der Waals surface area (Å²) >= 11 is 0. The van der Waals surface area contributed by atoms with Crippen LogP contribution >= 0.6 is 0 Å². The Morgan fingerprint density at radius 1 is 1.16 bits per heavy atom. The SMILES string of the molecule is CC(C)NC(=O)N1CCCN(C(=O)Cc2ccc3c(c2)CCO3)CC1. The maximum atomic E-state index is 12.7. The molecule has 0 radical (unpaired) electrons. The molecule has 0 aromatic heterocycles. The van der Waals surface area contributed by atoms with E-state index < -0.39 is 0 Å². The number of ether oxygens (including phenoxy) is 1. The van der Waals surface area contributed by atoms with E-state index in [4.69, 9.17) is 4.74 Å². The molecule has 0 bridgehead atoms. The highest BCUT2D eigenvalue weighted by atomic mass is 16.5. The monoisotopic (exact) mass is 345 g/mol. The van der Waals surface area contributed by atoms with Crippen LogP contribution < -0.4 is 10.1 Å². The number of fused-ring (bicyclic) bond motifs is 1. The summed E-state index contributed by atoms with van der Waals surface area (Å²) in [7, 11) is 0. The fourth-order valence-corrected chi connectivity index (χ4v) is 3.34. The van der Waals surface area contributed by atoms with Crippen LogP contribution in [0.3, 0.4) is 0 Å². The number of rotatable bonds is 3. The van der Waals surface area contributed by atoms with Gasteiger partial charge >= 0.3 is 6.03 Å². The molecule has 6 nitrogen and oxygen atoms in total. The van der Waals surface area contributed by atoms with Crippen LogP contribution in [0.1, 0.15) is 31.4 Å². The molecule has 6 heteroatoms. The first-order valence-corrected chi connectivity index (χ1v) is 9.11. The van der Waals surface area contributed by atoms with Crippen molar-refractivity contribution in [3.05, 3.63) is 29.3 Å². The van der Waals surface area contributed by atoms with Gasteiger partial charge in [-0.3, -0.25) is 4.79 Å². The number of nitrogens with zero attached hydrogens (tertiary/aromatic N) is 2. The van der Waals surface area contributed by atoms with Gasteiger partial charge in [0.1, 0.15) is 5.75 Å². The van der Waals surface area contributed by atoms with Crippen LogP contribution in [-0.2, 0) is 17.6 Å². The lowest BCUT2D eigenvalue weighted by molar-refractivity contribution is -0.130. The van der Waals surface area contributed by atoms with E-state index in [2.05, 4.69) is 11.4 Å². The summed E-state index contributed by atoms with van der Waals surface area (Å²) in [5, 5.41) is 2.92. The van der Waals surface area contributed by atoms with E-state index in [1.807, 2.05) is 30.9 Å². The first-order valence-electron chi connectivity index (χ1n) is 9.11. The summed E-state index contributed by atoms with van der Waals surface area (Å²) in [6.07, 6.45) is 2.14. The Kier molecular flexibility index (Phi) is 5.46. The molecule has 1 aromatic carbocycles. The fourth-order valence-electron chi connectivity index (χ4n) is 3.34. The predicted molar refractivity (Wildman–Crippen MR) is 95.8 cm³/mol. The van der Waals surface area contributed by atoms with Gasteiger partial charge in [-0.2, -0.15) is 0 Å². The van der Waals surface area contributed by atoms with Crippen LogP contribution in [0.25, 0.3) is 0 Å². The molecule has 0 aliphatic carbocycles. The lowest BCUT2D eigenvalue weighted by Gasteiger charge is -2.23. The molecule has 1 saturated heterocycles. The molecule has 2 aliphatic heterocycles. The molecule has 3 amide bonds. The number of urea groups is 1. The fraction of sp³-hybridized carbons (Fsp3) is 0.579. The van der Waals surface area contributed by atoms with E-state index in [1.54, 1.807) is 4.90 Å². The van der Waals surface area contributed by atoms with Crippen molar-refractivity contribution in [2.45, 2.75) is 39.2 Å². The molecule has 0 unspecified atom stereocenters. The second-order valence-corrected chi connectivity index (χ2v) is 7.04. The third-order valence-corrected chi connectivity index (χ3v) is 4.66. The molecular weight excluding hydrogens is 318 g/mol. The molecule has 1 N–H and O–H groups in total. The topological polar surface area (TPSA) is 61.9 Å². The molecule has 2 heterocycles. The average Bonchev–Trinajstić information content (AvgIpc) is 2.88. The zero-order valence-corrected chi connectivity index (χ0v) is 15.1. The molecule has 136 valence electrons.